The Labute approximate surface area is 153 Å². The summed E-state index contributed by atoms with van der Waals surface area (Å²) < 4.78 is 24.0. The lowest BCUT2D eigenvalue weighted by molar-refractivity contribution is 0.0750. The van der Waals surface area contributed by atoms with Crippen LogP contribution in [0.25, 0.3) is 0 Å². The van der Waals surface area contributed by atoms with Gasteiger partial charge in [0.25, 0.3) is 5.91 Å². The Morgan fingerprint density at radius 2 is 1.85 bits per heavy atom. The fourth-order valence-electron chi connectivity index (χ4n) is 3.56. The molecule has 1 fully saturated rings. The van der Waals surface area contributed by atoms with Crippen molar-refractivity contribution in [1.82, 2.24) is 4.90 Å². The van der Waals surface area contributed by atoms with E-state index in [1.165, 1.54) is 12.1 Å². The van der Waals surface area contributed by atoms with E-state index in [-0.39, 0.29) is 17.6 Å². The van der Waals surface area contributed by atoms with E-state index in [0.29, 0.717) is 30.2 Å². The number of hydrogen-bond donors (Lipinski definition) is 0. The van der Waals surface area contributed by atoms with Crippen molar-refractivity contribution in [2.45, 2.75) is 25.2 Å². The van der Waals surface area contributed by atoms with E-state index >= 15 is 0 Å². The average Bonchev–Trinajstić information content (AvgIpc) is 2.93. The Bertz CT molecular complexity index is 760. The van der Waals surface area contributed by atoms with Crippen LogP contribution in [0.5, 0.6) is 11.5 Å². The Kier molecular flexibility index (Phi) is 5.76. The molecule has 1 amide bonds. The standard InChI is InChI=1S/C21H24FNO3/c1-25-19-8-5-7-18(20(19)26-2)21(24)23-13-4-3-6-16(14-23)15-9-11-17(22)12-10-15/h5,7-12,16H,3-4,6,13-14H2,1-2H3/t16-/m1/s1. The van der Waals surface area contributed by atoms with Crippen molar-refractivity contribution in [2.24, 2.45) is 0 Å². The van der Waals surface area contributed by atoms with Gasteiger partial charge in [-0.05, 0) is 42.7 Å². The molecule has 5 heteroatoms. The number of hydrogen-bond acceptors (Lipinski definition) is 3. The first kappa shape index (κ1) is 18.2. The van der Waals surface area contributed by atoms with Gasteiger partial charge in [-0.3, -0.25) is 4.79 Å². The van der Waals surface area contributed by atoms with E-state index in [9.17, 15) is 9.18 Å². The van der Waals surface area contributed by atoms with E-state index in [2.05, 4.69) is 0 Å². The second-order valence-electron chi connectivity index (χ2n) is 6.54. The van der Waals surface area contributed by atoms with Gasteiger partial charge in [0, 0.05) is 19.0 Å². The number of nitrogens with zero attached hydrogens (tertiary/aromatic N) is 1. The molecule has 0 unspecified atom stereocenters. The van der Waals surface area contributed by atoms with Crippen molar-refractivity contribution >= 4 is 5.91 Å². The zero-order chi connectivity index (χ0) is 18.5. The van der Waals surface area contributed by atoms with Crippen LogP contribution in [0.2, 0.25) is 0 Å². The summed E-state index contributed by atoms with van der Waals surface area (Å²) in [6, 6.07) is 11.9. The number of carbonyl (C=O) groups excluding carboxylic acids is 1. The highest BCUT2D eigenvalue weighted by Gasteiger charge is 2.26. The number of benzene rings is 2. The third-order valence-electron chi connectivity index (χ3n) is 4.93. The molecule has 2 aromatic carbocycles. The lowest BCUT2D eigenvalue weighted by Crippen LogP contribution is -2.34. The molecule has 0 saturated carbocycles. The fourth-order valence-corrected chi connectivity index (χ4v) is 3.56. The minimum absolute atomic E-state index is 0.0604. The van der Waals surface area contributed by atoms with Gasteiger partial charge < -0.3 is 14.4 Å². The van der Waals surface area contributed by atoms with Gasteiger partial charge in [-0.2, -0.15) is 0 Å². The van der Waals surface area contributed by atoms with Crippen LogP contribution in [0.4, 0.5) is 4.39 Å². The lowest BCUT2D eigenvalue weighted by Gasteiger charge is -2.26. The Morgan fingerprint density at radius 3 is 2.54 bits per heavy atom. The van der Waals surface area contributed by atoms with Crippen LogP contribution < -0.4 is 9.47 Å². The third kappa shape index (κ3) is 3.82. The second kappa shape index (κ2) is 8.21. The number of methoxy groups -OCH3 is 2. The van der Waals surface area contributed by atoms with Crippen molar-refractivity contribution in [1.29, 1.82) is 0 Å². The number of para-hydroxylation sites is 1. The van der Waals surface area contributed by atoms with Crippen LogP contribution in [0, 0.1) is 5.82 Å². The maximum Gasteiger partial charge on any atom is 0.257 e. The molecule has 1 aliphatic heterocycles. The molecular weight excluding hydrogens is 333 g/mol. The highest BCUT2D eigenvalue weighted by atomic mass is 19.1. The fraction of sp³-hybridized carbons (Fsp3) is 0.381. The molecule has 0 spiro atoms. The topological polar surface area (TPSA) is 38.8 Å². The van der Waals surface area contributed by atoms with Gasteiger partial charge >= 0.3 is 0 Å². The van der Waals surface area contributed by atoms with Crippen molar-refractivity contribution in [2.75, 3.05) is 27.3 Å². The number of amides is 1. The van der Waals surface area contributed by atoms with Crippen molar-refractivity contribution in [3.05, 3.63) is 59.4 Å². The zero-order valence-electron chi connectivity index (χ0n) is 15.2. The van der Waals surface area contributed by atoms with E-state index in [4.69, 9.17) is 9.47 Å². The number of rotatable bonds is 4. The van der Waals surface area contributed by atoms with Crippen LogP contribution in [-0.2, 0) is 0 Å². The van der Waals surface area contributed by atoms with Crippen molar-refractivity contribution in [3.63, 3.8) is 0 Å². The first-order valence-electron chi connectivity index (χ1n) is 8.89. The van der Waals surface area contributed by atoms with Crippen molar-refractivity contribution in [3.8, 4) is 11.5 Å². The summed E-state index contributed by atoms with van der Waals surface area (Å²) in [7, 11) is 3.10. The molecule has 0 aromatic heterocycles. The summed E-state index contributed by atoms with van der Waals surface area (Å²) >= 11 is 0. The molecule has 1 heterocycles. The second-order valence-corrected chi connectivity index (χ2v) is 6.54. The molecule has 1 saturated heterocycles. The monoisotopic (exact) mass is 357 g/mol. The molecule has 0 aliphatic carbocycles. The van der Waals surface area contributed by atoms with E-state index in [1.807, 2.05) is 17.0 Å². The van der Waals surface area contributed by atoms with Gasteiger partial charge in [0.15, 0.2) is 11.5 Å². The van der Waals surface area contributed by atoms with Gasteiger partial charge in [0.05, 0.1) is 19.8 Å². The Balaban J connectivity index is 1.85. The molecule has 26 heavy (non-hydrogen) atoms. The maximum absolute atomic E-state index is 13.2. The molecule has 0 radical (unpaired) electrons. The lowest BCUT2D eigenvalue weighted by atomic mass is 9.94. The predicted molar refractivity (Wildman–Crippen MR) is 98.4 cm³/mol. The van der Waals surface area contributed by atoms with Gasteiger partial charge in [0.1, 0.15) is 5.82 Å². The number of ether oxygens (including phenoxy) is 2. The summed E-state index contributed by atoms with van der Waals surface area (Å²) in [6.45, 7) is 1.32. The van der Waals surface area contributed by atoms with E-state index < -0.39 is 0 Å². The van der Waals surface area contributed by atoms with Gasteiger partial charge in [-0.1, -0.05) is 24.6 Å². The summed E-state index contributed by atoms with van der Waals surface area (Å²) in [6.07, 6.45) is 2.99. The Hall–Kier alpha value is -2.56. The third-order valence-corrected chi connectivity index (χ3v) is 4.93. The molecular formula is C21H24FNO3. The summed E-state index contributed by atoms with van der Waals surface area (Å²) in [5.41, 5.74) is 1.58. The molecule has 1 aliphatic rings. The van der Waals surface area contributed by atoms with Crippen molar-refractivity contribution < 1.29 is 18.7 Å². The molecule has 4 nitrogen and oxygen atoms in total. The van der Waals surface area contributed by atoms with Crippen LogP contribution in [0.15, 0.2) is 42.5 Å². The predicted octanol–water partition coefficient (Wildman–Crippen LogP) is 4.25. The average molecular weight is 357 g/mol. The smallest absolute Gasteiger partial charge is 0.257 e. The van der Waals surface area contributed by atoms with E-state index in [0.717, 1.165) is 24.8 Å². The van der Waals surface area contributed by atoms with Crippen LogP contribution in [0.1, 0.15) is 41.1 Å². The van der Waals surface area contributed by atoms with Crippen LogP contribution in [0.3, 0.4) is 0 Å². The largest absolute Gasteiger partial charge is 0.493 e. The SMILES string of the molecule is COc1cccc(C(=O)N2CCCC[C@@H](c3ccc(F)cc3)C2)c1OC. The first-order chi connectivity index (χ1) is 12.6. The molecule has 138 valence electrons. The Morgan fingerprint density at radius 1 is 1.08 bits per heavy atom. The maximum atomic E-state index is 13.2. The highest BCUT2D eigenvalue weighted by Crippen LogP contribution is 2.33. The summed E-state index contributed by atoms with van der Waals surface area (Å²) in [5.74, 6) is 0.913. The molecule has 2 aromatic rings. The molecule has 1 atom stereocenters. The number of halogens is 1. The van der Waals surface area contributed by atoms with Gasteiger partial charge in [0.2, 0.25) is 0 Å². The normalized spacial score (nSPS) is 17.5. The van der Waals surface area contributed by atoms with E-state index in [1.54, 1.807) is 32.4 Å². The minimum Gasteiger partial charge on any atom is -0.493 e. The zero-order valence-corrected chi connectivity index (χ0v) is 15.2. The number of likely N-dealkylation sites (tertiary alicyclic amines) is 1. The highest BCUT2D eigenvalue weighted by molar-refractivity contribution is 5.97. The minimum atomic E-state index is -0.239. The van der Waals surface area contributed by atoms with Crippen LogP contribution in [-0.4, -0.2) is 38.1 Å². The number of carbonyl (C=O) groups is 1. The first-order valence-corrected chi connectivity index (χ1v) is 8.89. The van der Waals surface area contributed by atoms with Crippen LogP contribution >= 0.6 is 0 Å². The van der Waals surface area contributed by atoms with Gasteiger partial charge in [-0.15, -0.1) is 0 Å². The summed E-state index contributed by atoms with van der Waals surface area (Å²) in [4.78, 5) is 15.0. The molecule has 0 N–H and O–H groups in total. The van der Waals surface area contributed by atoms with Gasteiger partial charge in [-0.25, -0.2) is 4.39 Å². The molecule has 3 rings (SSSR count). The molecule has 0 bridgehead atoms. The quantitative estimate of drug-likeness (QED) is 0.821. The summed E-state index contributed by atoms with van der Waals surface area (Å²) in [5, 5.41) is 0.